The largest absolute Gasteiger partial charge is 0.453 e. The zero-order chi connectivity index (χ0) is 20.1. The highest BCUT2D eigenvalue weighted by atomic mass is 32.2. The Balaban J connectivity index is 1.64. The van der Waals surface area contributed by atoms with Crippen LogP contribution >= 0.6 is 11.3 Å². The Hall–Kier alpha value is -2.59. The lowest BCUT2D eigenvalue weighted by molar-refractivity contribution is 0.0757. The van der Waals surface area contributed by atoms with E-state index >= 15 is 0 Å². The first kappa shape index (κ1) is 20.2. The van der Waals surface area contributed by atoms with Crippen molar-refractivity contribution < 1.29 is 22.7 Å². The molecule has 1 aliphatic rings. The van der Waals surface area contributed by atoms with Crippen molar-refractivity contribution in [2.24, 2.45) is 0 Å². The quantitative estimate of drug-likeness (QED) is 0.815. The molecule has 10 heteroatoms. The summed E-state index contributed by atoms with van der Waals surface area (Å²) in [6, 6.07) is 9.52. The molecule has 0 bridgehead atoms. The van der Waals surface area contributed by atoms with Gasteiger partial charge in [0.2, 0.25) is 0 Å². The van der Waals surface area contributed by atoms with Crippen LogP contribution in [0.4, 0.5) is 10.5 Å². The number of methoxy groups -OCH3 is 1. The number of carbonyl (C=O) groups is 2. The lowest BCUT2D eigenvalue weighted by atomic mass is 10.2. The monoisotopic (exact) mass is 423 g/mol. The van der Waals surface area contributed by atoms with Gasteiger partial charge in [0.15, 0.2) is 0 Å². The first-order valence-corrected chi connectivity index (χ1v) is 11.1. The fourth-order valence-electron chi connectivity index (χ4n) is 2.92. The van der Waals surface area contributed by atoms with Crippen LogP contribution in [0.3, 0.4) is 0 Å². The summed E-state index contributed by atoms with van der Waals surface area (Å²) in [6.45, 7) is 1.91. The molecule has 1 saturated heterocycles. The molecule has 8 nitrogen and oxygen atoms in total. The molecule has 0 saturated carbocycles. The van der Waals surface area contributed by atoms with E-state index in [4.69, 9.17) is 4.74 Å². The second kappa shape index (κ2) is 8.61. The lowest BCUT2D eigenvalue weighted by Gasteiger charge is -2.21. The van der Waals surface area contributed by atoms with Gasteiger partial charge < -0.3 is 14.5 Å². The molecule has 0 atom stereocenters. The molecular weight excluding hydrogens is 402 g/mol. The highest BCUT2D eigenvalue weighted by molar-refractivity contribution is 7.94. The van der Waals surface area contributed by atoms with Crippen LogP contribution in [-0.4, -0.2) is 63.5 Å². The molecule has 2 amide bonds. The van der Waals surface area contributed by atoms with Gasteiger partial charge in [-0.3, -0.25) is 9.52 Å². The molecule has 1 aromatic carbocycles. The van der Waals surface area contributed by atoms with Crippen molar-refractivity contribution in [3.8, 4) is 0 Å². The number of thiophene rings is 1. The maximum absolute atomic E-state index is 12.7. The van der Waals surface area contributed by atoms with Crippen molar-refractivity contribution in [3.63, 3.8) is 0 Å². The summed E-state index contributed by atoms with van der Waals surface area (Å²) >= 11 is 1.13. The Kier molecular flexibility index (Phi) is 6.20. The highest BCUT2D eigenvalue weighted by Gasteiger charge is 2.23. The Labute approximate surface area is 167 Å². The van der Waals surface area contributed by atoms with Gasteiger partial charge in [0.25, 0.3) is 15.9 Å². The van der Waals surface area contributed by atoms with Gasteiger partial charge in [0, 0.05) is 37.4 Å². The number of nitrogens with zero attached hydrogens (tertiary/aromatic N) is 2. The van der Waals surface area contributed by atoms with Gasteiger partial charge in [-0.1, -0.05) is 6.07 Å². The van der Waals surface area contributed by atoms with E-state index in [1.165, 1.54) is 13.2 Å². The topological polar surface area (TPSA) is 96.0 Å². The minimum atomic E-state index is -3.62. The van der Waals surface area contributed by atoms with E-state index in [9.17, 15) is 18.0 Å². The van der Waals surface area contributed by atoms with Crippen molar-refractivity contribution in [3.05, 3.63) is 47.3 Å². The first-order valence-electron chi connectivity index (χ1n) is 8.69. The second-order valence-electron chi connectivity index (χ2n) is 6.22. The summed E-state index contributed by atoms with van der Waals surface area (Å²) in [5.41, 5.74) is 0.850. The Morgan fingerprint density at radius 1 is 1.04 bits per heavy atom. The van der Waals surface area contributed by atoms with E-state index < -0.39 is 16.1 Å². The van der Waals surface area contributed by atoms with Crippen molar-refractivity contribution in [2.45, 2.75) is 10.6 Å². The van der Waals surface area contributed by atoms with Crippen LogP contribution in [0.15, 0.2) is 46.0 Å². The van der Waals surface area contributed by atoms with Gasteiger partial charge >= 0.3 is 6.09 Å². The Morgan fingerprint density at radius 3 is 2.36 bits per heavy atom. The SMILES string of the molecule is COC(=O)N1CCCN(C(=O)c2ccc(NS(=O)(=O)c3cccs3)cc2)CC1. The van der Waals surface area contributed by atoms with Crippen LogP contribution in [0.25, 0.3) is 0 Å². The normalized spacial score (nSPS) is 15.0. The molecule has 28 heavy (non-hydrogen) atoms. The van der Waals surface area contributed by atoms with Gasteiger partial charge in [-0.15, -0.1) is 11.3 Å². The third-order valence-corrected chi connectivity index (χ3v) is 7.14. The van der Waals surface area contributed by atoms with Crippen LogP contribution in [0.2, 0.25) is 0 Å². The highest BCUT2D eigenvalue weighted by Crippen LogP contribution is 2.21. The number of anilines is 1. The van der Waals surface area contributed by atoms with E-state index in [1.54, 1.807) is 45.5 Å². The smallest absolute Gasteiger partial charge is 0.409 e. The van der Waals surface area contributed by atoms with E-state index in [0.29, 0.717) is 43.9 Å². The molecule has 2 aromatic rings. The molecule has 3 rings (SSSR count). The number of rotatable bonds is 4. The summed E-state index contributed by atoms with van der Waals surface area (Å²) in [7, 11) is -2.28. The third kappa shape index (κ3) is 4.63. The first-order chi connectivity index (χ1) is 13.4. The number of sulfonamides is 1. The molecule has 2 heterocycles. The summed E-state index contributed by atoms with van der Waals surface area (Å²) in [6.07, 6.45) is 0.274. The molecule has 1 N–H and O–H groups in total. The number of benzene rings is 1. The zero-order valence-electron chi connectivity index (χ0n) is 15.3. The number of nitrogens with one attached hydrogen (secondary N) is 1. The summed E-state index contributed by atoms with van der Waals surface area (Å²) in [4.78, 5) is 27.7. The average molecular weight is 424 g/mol. The molecule has 1 fully saturated rings. The fourth-order valence-corrected chi connectivity index (χ4v) is 4.97. The Bertz CT molecular complexity index is 927. The number of amides is 2. The molecule has 150 valence electrons. The van der Waals surface area contributed by atoms with E-state index in [-0.39, 0.29) is 10.1 Å². The van der Waals surface area contributed by atoms with Crippen molar-refractivity contribution in [1.29, 1.82) is 0 Å². The number of carbonyl (C=O) groups excluding carboxylic acids is 2. The molecule has 0 unspecified atom stereocenters. The maximum Gasteiger partial charge on any atom is 0.409 e. The summed E-state index contributed by atoms with van der Waals surface area (Å²) in [5, 5.41) is 1.69. The van der Waals surface area contributed by atoms with Crippen molar-refractivity contribution in [1.82, 2.24) is 9.80 Å². The predicted octanol–water partition coefficient (Wildman–Crippen LogP) is 2.46. The van der Waals surface area contributed by atoms with Crippen molar-refractivity contribution >= 4 is 39.0 Å². The van der Waals surface area contributed by atoms with Gasteiger partial charge in [0.05, 0.1) is 7.11 Å². The standard InChI is InChI=1S/C18H21N3O5S2/c1-26-18(23)21-10-3-9-20(11-12-21)17(22)14-5-7-15(8-6-14)19-28(24,25)16-4-2-13-27-16/h2,4-8,13,19H,3,9-12H2,1H3. The minimum Gasteiger partial charge on any atom is -0.453 e. The van der Waals surface area contributed by atoms with Crippen LogP contribution in [0.5, 0.6) is 0 Å². The average Bonchev–Trinajstić information content (AvgIpc) is 3.13. The maximum atomic E-state index is 12.7. The van der Waals surface area contributed by atoms with Crippen molar-refractivity contribution in [2.75, 3.05) is 38.0 Å². The molecule has 0 aliphatic carbocycles. The van der Waals surface area contributed by atoms with E-state index in [0.717, 1.165) is 11.3 Å². The van der Waals surface area contributed by atoms with Crippen LogP contribution in [0.1, 0.15) is 16.8 Å². The summed E-state index contributed by atoms with van der Waals surface area (Å²) in [5.74, 6) is -0.153. The van der Waals surface area contributed by atoms with E-state index in [2.05, 4.69) is 4.72 Å². The predicted molar refractivity (Wildman–Crippen MR) is 106 cm³/mol. The molecule has 1 aliphatic heterocycles. The van der Waals surface area contributed by atoms with Gasteiger partial charge in [-0.05, 0) is 42.1 Å². The van der Waals surface area contributed by atoms with Crippen LogP contribution < -0.4 is 4.72 Å². The molecule has 0 radical (unpaired) electrons. The molecule has 0 spiro atoms. The van der Waals surface area contributed by atoms with E-state index in [1.807, 2.05) is 0 Å². The fraction of sp³-hybridized carbons (Fsp3) is 0.333. The summed E-state index contributed by atoms with van der Waals surface area (Å²) < 4.78 is 32.0. The number of ether oxygens (including phenoxy) is 1. The zero-order valence-corrected chi connectivity index (χ0v) is 17.0. The van der Waals surface area contributed by atoms with Gasteiger partial charge in [-0.25, -0.2) is 13.2 Å². The molecular formula is C18H21N3O5S2. The van der Waals surface area contributed by atoms with Gasteiger partial charge in [-0.2, -0.15) is 0 Å². The number of hydrogen-bond acceptors (Lipinski definition) is 6. The van der Waals surface area contributed by atoms with Crippen LogP contribution in [-0.2, 0) is 14.8 Å². The third-order valence-electron chi connectivity index (χ3n) is 4.36. The van der Waals surface area contributed by atoms with Gasteiger partial charge in [0.1, 0.15) is 4.21 Å². The molecule has 1 aromatic heterocycles. The second-order valence-corrected chi connectivity index (χ2v) is 9.07. The Morgan fingerprint density at radius 2 is 1.71 bits per heavy atom. The lowest BCUT2D eigenvalue weighted by Crippen LogP contribution is -2.37. The van der Waals surface area contributed by atoms with Crippen LogP contribution in [0, 0.1) is 0 Å². The number of hydrogen-bond donors (Lipinski definition) is 1. The minimum absolute atomic E-state index is 0.153.